The summed E-state index contributed by atoms with van der Waals surface area (Å²) in [6.07, 6.45) is 4.11. The molecule has 0 radical (unpaired) electrons. The molecule has 5 heteroatoms. The third-order valence-electron chi connectivity index (χ3n) is 4.42. The predicted molar refractivity (Wildman–Crippen MR) is 101 cm³/mol. The Kier molecular flexibility index (Phi) is 7.04. The van der Waals surface area contributed by atoms with Crippen LogP contribution in [-0.2, 0) is 16.0 Å². The highest BCUT2D eigenvalue weighted by Crippen LogP contribution is 2.18. The zero-order chi connectivity index (χ0) is 18.2. The summed E-state index contributed by atoms with van der Waals surface area (Å²) in [5, 5.41) is 4.11. The van der Waals surface area contributed by atoms with Gasteiger partial charge < -0.3 is 15.2 Å². The number of amides is 2. The molecule has 2 rings (SSSR count). The van der Waals surface area contributed by atoms with Crippen LogP contribution in [0.3, 0.4) is 0 Å². The molecule has 136 valence electrons. The number of nitrogens with one attached hydrogen (secondary N) is 2. The van der Waals surface area contributed by atoms with Crippen molar-refractivity contribution < 1.29 is 9.59 Å². The van der Waals surface area contributed by atoms with Crippen LogP contribution in [0.1, 0.15) is 39.2 Å². The van der Waals surface area contributed by atoms with E-state index in [2.05, 4.69) is 30.2 Å². The zero-order valence-corrected chi connectivity index (χ0v) is 15.5. The first kappa shape index (κ1) is 19.0. The Hall–Kier alpha value is -2.30. The highest BCUT2D eigenvalue weighted by molar-refractivity contribution is 5.83. The minimum absolute atomic E-state index is 0.00909. The van der Waals surface area contributed by atoms with E-state index in [1.54, 1.807) is 11.8 Å². The largest absolute Gasteiger partial charge is 0.361 e. The van der Waals surface area contributed by atoms with Gasteiger partial charge in [0.1, 0.15) is 0 Å². The molecule has 0 saturated carbocycles. The van der Waals surface area contributed by atoms with Gasteiger partial charge in [-0.3, -0.25) is 9.59 Å². The summed E-state index contributed by atoms with van der Waals surface area (Å²) < 4.78 is 0. The Bertz CT molecular complexity index is 706. The molecule has 0 spiro atoms. The summed E-state index contributed by atoms with van der Waals surface area (Å²) in [5.41, 5.74) is 2.31. The standard InChI is InChI=1S/C20H29N3O2/c1-15(2)8-11-21-20(25)10-13-23(16(3)24)12-9-17-14-22-19-7-5-4-6-18(17)19/h4-7,14-15,22H,8-13H2,1-3H3,(H,21,25). The second-order valence-corrected chi connectivity index (χ2v) is 6.90. The lowest BCUT2D eigenvalue weighted by Gasteiger charge is -2.20. The number of benzene rings is 1. The number of nitrogens with zero attached hydrogens (tertiary/aromatic N) is 1. The van der Waals surface area contributed by atoms with Gasteiger partial charge in [0.2, 0.25) is 11.8 Å². The summed E-state index contributed by atoms with van der Waals surface area (Å²) in [6, 6.07) is 8.15. The maximum absolute atomic E-state index is 11.9. The Labute approximate surface area is 149 Å². The molecule has 2 amide bonds. The minimum atomic E-state index is 0.00909. The Morgan fingerprint density at radius 3 is 2.68 bits per heavy atom. The lowest BCUT2D eigenvalue weighted by molar-refractivity contribution is -0.129. The first-order valence-corrected chi connectivity index (χ1v) is 9.04. The monoisotopic (exact) mass is 343 g/mol. The van der Waals surface area contributed by atoms with Crippen LogP contribution in [0.5, 0.6) is 0 Å². The van der Waals surface area contributed by atoms with Gasteiger partial charge in [0.05, 0.1) is 0 Å². The normalized spacial score (nSPS) is 11.0. The summed E-state index contributed by atoms with van der Waals surface area (Å²) in [5.74, 6) is 0.596. The maximum atomic E-state index is 11.9. The topological polar surface area (TPSA) is 65.2 Å². The molecule has 0 aliphatic heterocycles. The lowest BCUT2D eigenvalue weighted by Crippen LogP contribution is -2.35. The molecule has 0 aliphatic rings. The number of hydrogen-bond acceptors (Lipinski definition) is 2. The fourth-order valence-corrected chi connectivity index (χ4v) is 2.85. The number of carbonyl (C=O) groups excluding carboxylic acids is 2. The van der Waals surface area contributed by atoms with E-state index in [4.69, 9.17) is 0 Å². The second kappa shape index (κ2) is 9.25. The van der Waals surface area contributed by atoms with Crippen LogP contribution < -0.4 is 5.32 Å². The van der Waals surface area contributed by atoms with E-state index in [9.17, 15) is 9.59 Å². The van der Waals surface area contributed by atoms with E-state index in [-0.39, 0.29) is 11.8 Å². The van der Waals surface area contributed by atoms with E-state index >= 15 is 0 Å². The summed E-state index contributed by atoms with van der Waals surface area (Å²) in [4.78, 5) is 28.8. The molecule has 2 N–H and O–H groups in total. The fourth-order valence-electron chi connectivity index (χ4n) is 2.85. The van der Waals surface area contributed by atoms with Crippen molar-refractivity contribution in [3.05, 3.63) is 36.0 Å². The lowest BCUT2D eigenvalue weighted by atomic mass is 10.1. The van der Waals surface area contributed by atoms with Crippen LogP contribution in [0.4, 0.5) is 0 Å². The average molecular weight is 343 g/mol. The maximum Gasteiger partial charge on any atom is 0.221 e. The third kappa shape index (κ3) is 5.93. The van der Waals surface area contributed by atoms with Gasteiger partial charge in [0, 0.05) is 50.1 Å². The van der Waals surface area contributed by atoms with Gasteiger partial charge in [-0.25, -0.2) is 0 Å². The number of H-pyrrole nitrogens is 1. The van der Waals surface area contributed by atoms with Crippen molar-refractivity contribution in [2.75, 3.05) is 19.6 Å². The van der Waals surface area contributed by atoms with Crippen molar-refractivity contribution in [1.29, 1.82) is 0 Å². The third-order valence-corrected chi connectivity index (χ3v) is 4.42. The molecule has 1 heterocycles. The van der Waals surface area contributed by atoms with E-state index in [0.717, 1.165) is 18.4 Å². The highest BCUT2D eigenvalue weighted by Gasteiger charge is 2.12. The summed E-state index contributed by atoms with van der Waals surface area (Å²) in [6.45, 7) is 7.61. The Morgan fingerprint density at radius 2 is 1.96 bits per heavy atom. The molecule has 0 bridgehead atoms. The van der Waals surface area contributed by atoms with Crippen molar-refractivity contribution in [1.82, 2.24) is 15.2 Å². The molecule has 0 saturated heterocycles. The molecule has 0 unspecified atom stereocenters. The predicted octanol–water partition coefficient (Wildman–Crippen LogP) is 3.11. The number of aromatic nitrogens is 1. The van der Waals surface area contributed by atoms with Gasteiger partial charge in [-0.05, 0) is 30.4 Å². The molecule has 1 aromatic heterocycles. The summed E-state index contributed by atoms with van der Waals surface area (Å²) in [7, 11) is 0. The van der Waals surface area contributed by atoms with Crippen molar-refractivity contribution >= 4 is 22.7 Å². The van der Waals surface area contributed by atoms with Crippen molar-refractivity contribution in [3.63, 3.8) is 0 Å². The minimum Gasteiger partial charge on any atom is -0.361 e. The van der Waals surface area contributed by atoms with E-state index in [1.165, 1.54) is 10.9 Å². The Morgan fingerprint density at radius 1 is 1.20 bits per heavy atom. The number of carbonyl (C=O) groups is 2. The molecule has 2 aromatic rings. The van der Waals surface area contributed by atoms with E-state index in [0.29, 0.717) is 32.0 Å². The quantitative estimate of drug-likeness (QED) is 0.735. The Balaban J connectivity index is 1.82. The van der Waals surface area contributed by atoms with Gasteiger partial charge in [-0.15, -0.1) is 0 Å². The van der Waals surface area contributed by atoms with Gasteiger partial charge in [0.25, 0.3) is 0 Å². The molecule has 5 nitrogen and oxygen atoms in total. The highest BCUT2D eigenvalue weighted by atomic mass is 16.2. The van der Waals surface area contributed by atoms with Crippen LogP contribution in [0.15, 0.2) is 30.5 Å². The van der Waals surface area contributed by atoms with Gasteiger partial charge >= 0.3 is 0 Å². The first-order chi connectivity index (χ1) is 12.0. The van der Waals surface area contributed by atoms with Gasteiger partial charge in [-0.1, -0.05) is 32.0 Å². The molecule has 25 heavy (non-hydrogen) atoms. The second-order valence-electron chi connectivity index (χ2n) is 6.90. The van der Waals surface area contributed by atoms with Crippen LogP contribution in [0, 0.1) is 5.92 Å². The molecular formula is C20H29N3O2. The van der Waals surface area contributed by atoms with Crippen LogP contribution >= 0.6 is 0 Å². The van der Waals surface area contributed by atoms with Crippen LogP contribution in [0.2, 0.25) is 0 Å². The van der Waals surface area contributed by atoms with E-state index < -0.39 is 0 Å². The van der Waals surface area contributed by atoms with Crippen molar-refractivity contribution in [3.8, 4) is 0 Å². The fraction of sp³-hybridized carbons (Fsp3) is 0.500. The average Bonchev–Trinajstić information content (AvgIpc) is 2.97. The summed E-state index contributed by atoms with van der Waals surface area (Å²) >= 11 is 0. The van der Waals surface area contributed by atoms with Crippen LogP contribution in [-0.4, -0.2) is 41.3 Å². The van der Waals surface area contributed by atoms with Gasteiger partial charge in [0.15, 0.2) is 0 Å². The number of aromatic amines is 1. The number of hydrogen-bond donors (Lipinski definition) is 2. The molecule has 1 aromatic carbocycles. The molecular weight excluding hydrogens is 314 g/mol. The smallest absolute Gasteiger partial charge is 0.221 e. The van der Waals surface area contributed by atoms with E-state index in [1.807, 2.05) is 24.4 Å². The van der Waals surface area contributed by atoms with Gasteiger partial charge in [-0.2, -0.15) is 0 Å². The number of para-hydroxylation sites is 1. The number of rotatable bonds is 9. The van der Waals surface area contributed by atoms with Crippen molar-refractivity contribution in [2.24, 2.45) is 5.92 Å². The first-order valence-electron chi connectivity index (χ1n) is 9.04. The molecule has 0 fully saturated rings. The molecule has 0 atom stereocenters. The van der Waals surface area contributed by atoms with Crippen LogP contribution in [0.25, 0.3) is 10.9 Å². The molecule has 0 aliphatic carbocycles. The SMILES string of the molecule is CC(=O)N(CCC(=O)NCCC(C)C)CCc1c[nH]c2ccccc12. The van der Waals surface area contributed by atoms with Crippen molar-refractivity contribution in [2.45, 2.75) is 40.0 Å². The zero-order valence-electron chi connectivity index (χ0n) is 15.5. The number of fused-ring (bicyclic) bond motifs is 1.